The average Bonchev–Trinajstić information content (AvgIpc) is 2.26. The van der Waals surface area contributed by atoms with E-state index < -0.39 is 0 Å². The minimum absolute atomic E-state index is 0.0765. The zero-order valence-electron chi connectivity index (χ0n) is 9.24. The molecule has 1 heterocycles. The van der Waals surface area contributed by atoms with Gasteiger partial charge < -0.3 is 11.1 Å². The van der Waals surface area contributed by atoms with Crippen LogP contribution in [0.25, 0.3) is 0 Å². The van der Waals surface area contributed by atoms with Gasteiger partial charge in [-0.1, -0.05) is 6.08 Å². The maximum atomic E-state index is 11.4. The number of likely N-dealkylation sites (tertiary alicyclic amines) is 1. The second-order valence-electron chi connectivity index (χ2n) is 4.07. The normalized spacial score (nSPS) is 22.3. The highest BCUT2D eigenvalue weighted by Gasteiger charge is 2.19. The summed E-state index contributed by atoms with van der Waals surface area (Å²) in [7, 11) is 0. The maximum absolute atomic E-state index is 11.4. The van der Waals surface area contributed by atoms with Crippen molar-refractivity contribution in [1.29, 1.82) is 0 Å². The molecule has 4 heteroatoms. The van der Waals surface area contributed by atoms with Crippen molar-refractivity contribution in [3.8, 4) is 0 Å². The zero-order valence-corrected chi connectivity index (χ0v) is 9.24. The van der Waals surface area contributed by atoms with Gasteiger partial charge in [0, 0.05) is 13.1 Å². The molecule has 3 N–H and O–H groups in total. The van der Waals surface area contributed by atoms with Crippen LogP contribution in [0.2, 0.25) is 0 Å². The van der Waals surface area contributed by atoms with E-state index >= 15 is 0 Å². The molecule has 4 nitrogen and oxygen atoms in total. The van der Waals surface area contributed by atoms with Crippen LogP contribution in [0.4, 0.5) is 0 Å². The van der Waals surface area contributed by atoms with Crippen molar-refractivity contribution in [2.75, 3.05) is 32.7 Å². The molecule has 1 amide bonds. The van der Waals surface area contributed by atoms with Gasteiger partial charge in [-0.15, -0.1) is 6.58 Å². The van der Waals surface area contributed by atoms with E-state index in [0.29, 0.717) is 19.0 Å². The van der Waals surface area contributed by atoms with Crippen LogP contribution in [0.1, 0.15) is 12.8 Å². The largest absolute Gasteiger partial charge is 0.352 e. The number of piperidine rings is 1. The van der Waals surface area contributed by atoms with E-state index in [1.807, 2.05) is 0 Å². The SMILES string of the molecule is C=CCNC(=O)CN1CCCC(CN)C1. The fourth-order valence-corrected chi connectivity index (χ4v) is 1.93. The van der Waals surface area contributed by atoms with Crippen LogP contribution < -0.4 is 11.1 Å². The van der Waals surface area contributed by atoms with Crippen molar-refractivity contribution in [3.05, 3.63) is 12.7 Å². The molecule has 1 aliphatic heterocycles. The molecule has 0 aromatic rings. The third kappa shape index (κ3) is 4.44. The average molecular weight is 211 g/mol. The standard InChI is InChI=1S/C11H21N3O/c1-2-5-13-11(15)9-14-6-3-4-10(7-12)8-14/h2,10H,1,3-9,12H2,(H,13,15). The van der Waals surface area contributed by atoms with Crippen molar-refractivity contribution in [2.24, 2.45) is 11.7 Å². The summed E-state index contributed by atoms with van der Waals surface area (Å²) in [4.78, 5) is 13.6. The molecule has 0 radical (unpaired) electrons. The number of carbonyl (C=O) groups is 1. The number of nitrogens with two attached hydrogens (primary N) is 1. The molecule has 0 saturated carbocycles. The Morgan fingerprint density at radius 1 is 1.67 bits per heavy atom. The first-order chi connectivity index (χ1) is 7.26. The highest BCUT2D eigenvalue weighted by molar-refractivity contribution is 5.78. The van der Waals surface area contributed by atoms with Gasteiger partial charge in [-0.05, 0) is 31.8 Å². The maximum Gasteiger partial charge on any atom is 0.234 e. The van der Waals surface area contributed by atoms with E-state index in [2.05, 4.69) is 16.8 Å². The number of amides is 1. The first kappa shape index (κ1) is 12.2. The van der Waals surface area contributed by atoms with Crippen molar-refractivity contribution in [2.45, 2.75) is 12.8 Å². The molecule has 0 aromatic heterocycles. The summed E-state index contributed by atoms with van der Waals surface area (Å²) < 4.78 is 0. The lowest BCUT2D eigenvalue weighted by Gasteiger charge is -2.31. The van der Waals surface area contributed by atoms with Gasteiger partial charge in [0.1, 0.15) is 0 Å². The predicted octanol–water partition coefficient (Wildman–Crippen LogP) is -0.0407. The van der Waals surface area contributed by atoms with Crippen LogP contribution in [-0.4, -0.2) is 43.5 Å². The van der Waals surface area contributed by atoms with Crippen LogP contribution >= 0.6 is 0 Å². The molecule has 1 saturated heterocycles. The fourth-order valence-electron chi connectivity index (χ4n) is 1.93. The molecule has 0 spiro atoms. The molecule has 1 fully saturated rings. The molecule has 1 atom stereocenters. The minimum atomic E-state index is 0.0765. The smallest absolute Gasteiger partial charge is 0.234 e. The molecule has 1 aliphatic rings. The fraction of sp³-hybridized carbons (Fsp3) is 0.727. The van der Waals surface area contributed by atoms with E-state index in [4.69, 9.17) is 5.73 Å². The second-order valence-corrected chi connectivity index (χ2v) is 4.07. The summed E-state index contributed by atoms with van der Waals surface area (Å²) in [6.07, 6.45) is 4.04. The number of carbonyl (C=O) groups excluding carboxylic acids is 1. The molecular formula is C11H21N3O. The molecule has 1 unspecified atom stereocenters. The van der Waals surface area contributed by atoms with Crippen molar-refractivity contribution < 1.29 is 4.79 Å². The summed E-state index contributed by atoms with van der Waals surface area (Å²) in [5.41, 5.74) is 5.64. The lowest BCUT2D eigenvalue weighted by molar-refractivity contribution is -0.122. The predicted molar refractivity (Wildman–Crippen MR) is 61.4 cm³/mol. The zero-order chi connectivity index (χ0) is 11.1. The van der Waals surface area contributed by atoms with E-state index in [0.717, 1.165) is 26.1 Å². The van der Waals surface area contributed by atoms with E-state index in [1.165, 1.54) is 6.42 Å². The lowest BCUT2D eigenvalue weighted by atomic mass is 9.98. The number of hydrogen-bond acceptors (Lipinski definition) is 3. The van der Waals surface area contributed by atoms with Crippen molar-refractivity contribution in [3.63, 3.8) is 0 Å². The Kier molecular flexibility index (Phi) is 5.36. The van der Waals surface area contributed by atoms with Gasteiger partial charge in [0.15, 0.2) is 0 Å². The molecule has 0 bridgehead atoms. The Bertz CT molecular complexity index is 218. The van der Waals surface area contributed by atoms with Crippen LogP contribution in [0, 0.1) is 5.92 Å². The van der Waals surface area contributed by atoms with E-state index in [9.17, 15) is 4.79 Å². The second kappa shape index (κ2) is 6.58. The molecular weight excluding hydrogens is 190 g/mol. The Morgan fingerprint density at radius 2 is 2.47 bits per heavy atom. The summed E-state index contributed by atoms with van der Waals surface area (Å²) in [6, 6.07) is 0. The van der Waals surface area contributed by atoms with E-state index in [-0.39, 0.29) is 5.91 Å². The third-order valence-electron chi connectivity index (χ3n) is 2.75. The van der Waals surface area contributed by atoms with E-state index in [1.54, 1.807) is 6.08 Å². The summed E-state index contributed by atoms with van der Waals surface area (Å²) in [6.45, 7) is 7.29. The Balaban J connectivity index is 2.24. The monoisotopic (exact) mass is 211 g/mol. The molecule has 15 heavy (non-hydrogen) atoms. The highest BCUT2D eigenvalue weighted by atomic mass is 16.2. The van der Waals surface area contributed by atoms with Gasteiger partial charge in [0.05, 0.1) is 6.54 Å². The van der Waals surface area contributed by atoms with Gasteiger partial charge in [-0.25, -0.2) is 0 Å². The summed E-state index contributed by atoms with van der Waals surface area (Å²) >= 11 is 0. The molecule has 1 rings (SSSR count). The number of nitrogens with zero attached hydrogens (tertiary/aromatic N) is 1. The lowest BCUT2D eigenvalue weighted by Crippen LogP contribution is -2.44. The van der Waals surface area contributed by atoms with Crippen LogP contribution in [0.5, 0.6) is 0 Å². The van der Waals surface area contributed by atoms with Gasteiger partial charge in [-0.2, -0.15) is 0 Å². The molecule has 86 valence electrons. The van der Waals surface area contributed by atoms with Crippen molar-refractivity contribution >= 4 is 5.91 Å². The van der Waals surface area contributed by atoms with Gasteiger partial charge in [0.2, 0.25) is 5.91 Å². The van der Waals surface area contributed by atoms with Gasteiger partial charge in [-0.3, -0.25) is 9.69 Å². The highest BCUT2D eigenvalue weighted by Crippen LogP contribution is 2.14. The number of rotatable bonds is 5. The summed E-state index contributed by atoms with van der Waals surface area (Å²) in [5, 5.41) is 2.78. The quantitative estimate of drug-likeness (QED) is 0.627. The van der Waals surface area contributed by atoms with Crippen LogP contribution in [0.3, 0.4) is 0 Å². The Labute approximate surface area is 91.5 Å². The third-order valence-corrected chi connectivity index (χ3v) is 2.75. The van der Waals surface area contributed by atoms with Gasteiger partial charge >= 0.3 is 0 Å². The number of nitrogens with one attached hydrogen (secondary N) is 1. The topological polar surface area (TPSA) is 58.4 Å². The first-order valence-electron chi connectivity index (χ1n) is 5.56. The van der Waals surface area contributed by atoms with Gasteiger partial charge in [0.25, 0.3) is 0 Å². The molecule has 0 aliphatic carbocycles. The Morgan fingerprint density at radius 3 is 3.13 bits per heavy atom. The molecule has 0 aromatic carbocycles. The number of hydrogen-bond donors (Lipinski definition) is 2. The van der Waals surface area contributed by atoms with Crippen LogP contribution in [-0.2, 0) is 4.79 Å². The first-order valence-corrected chi connectivity index (χ1v) is 5.56. The summed E-state index contributed by atoms with van der Waals surface area (Å²) in [5.74, 6) is 0.638. The van der Waals surface area contributed by atoms with Crippen molar-refractivity contribution in [1.82, 2.24) is 10.2 Å². The van der Waals surface area contributed by atoms with Crippen LogP contribution in [0.15, 0.2) is 12.7 Å². The minimum Gasteiger partial charge on any atom is -0.352 e. The Hall–Kier alpha value is -0.870.